The van der Waals surface area contributed by atoms with Gasteiger partial charge >= 0.3 is 0 Å². The highest BCUT2D eigenvalue weighted by Crippen LogP contribution is 2.32. The molecule has 0 aliphatic heterocycles. The molecule has 3 rings (SSSR count). The average Bonchev–Trinajstić information content (AvgIpc) is 2.72. The summed E-state index contributed by atoms with van der Waals surface area (Å²) in [6.45, 7) is 0.210. The van der Waals surface area contributed by atoms with Gasteiger partial charge in [0.25, 0.3) is 0 Å². The van der Waals surface area contributed by atoms with Gasteiger partial charge in [-0.3, -0.25) is 4.79 Å². The molecule has 0 radical (unpaired) electrons. The third-order valence-electron chi connectivity index (χ3n) is 4.06. The lowest BCUT2D eigenvalue weighted by atomic mass is 9.85. The van der Waals surface area contributed by atoms with E-state index in [4.69, 9.17) is 5.73 Å². The molecule has 1 unspecified atom stereocenters. The Bertz CT molecular complexity index is 630. The third-order valence-corrected chi connectivity index (χ3v) is 4.06. The van der Waals surface area contributed by atoms with Crippen molar-refractivity contribution in [2.45, 2.75) is 25.7 Å². The van der Waals surface area contributed by atoms with E-state index in [0.29, 0.717) is 5.92 Å². The molecule has 4 nitrogen and oxygen atoms in total. The Balaban J connectivity index is 2.18. The number of pyridine rings is 1. The molecule has 100 valence electrons. The van der Waals surface area contributed by atoms with Crippen molar-refractivity contribution in [2.24, 2.45) is 11.7 Å². The van der Waals surface area contributed by atoms with E-state index >= 15 is 0 Å². The van der Waals surface area contributed by atoms with E-state index in [1.807, 2.05) is 24.4 Å². The lowest BCUT2D eigenvalue weighted by molar-refractivity contribution is -0.117. The number of fused-ring (bicyclic) bond motifs is 3. The summed E-state index contributed by atoms with van der Waals surface area (Å²) in [7, 11) is 0. The maximum Gasteiger partial charge on any atom is 0.221 e. The lowest BCUT2D eigenvalue weighted by Gasteiger charge is -2.21. The topological polar surface area (TPSA) is 67.7 Å². The van der Waals surface area contributed by atoms with Gasteiger partial charge in [-0.25, -0.2) is 0 Å². The van der Waals surface area contributed by atoms with Crippen molar-refractivity contribution in [3.8, 4) is 0 Å². The van der Waals surface area contributed by atoms with Crippen molar-refractivity contribution in [3.05, 3.63) is 41.2 Å². The van der Waals surface area contributed by atoms with Crippen molar-refractivity contribution in [1.82, 2.24) is 4.40 Å². The fourth-order valence-corrected chi connectivity index (χ4v) is 3.17. The molecule has 1 aliphatic rings. The molecule has 0 spiro atoms. The number of amides is 1. The van der Waals surface area contributed by atoms with E-state index in [9.17, 15) is 9.90 Å². The number of hydrogen-bond donors (Lipinski definition) is 2. The van der Waals surface area contributed by atoms with E-state index in [2.05, 4.69) is 4.40 Å². The molecule has 2 aromatic heterocycles. The molecule has 4 heteroatoms. The zero-order valence-electron chi connectivity index (χ0n) is 10.8. The van der Waals surface area contributed by atoms with E-state index in [-0.39, 0.29) is 18.9 Å². The van der Waals surface area contributed by atoms with Crippen LogP contribution in [0.25, 0.3) is 5.52 Å². The molecule has 0 bridgehead atoms. The van der Waals surface area contributed by atoms with Crippen molar-refractivity contribution in [1.29, 1.82) is 0 Å². The van der Waals surface area contributed by atoms with E-state index < -0.39 is 0 Å². The molecule has 2 heterocycles. The summed E-state index contributed by atoms with van der Waals surface area (Å²) in [5.74, 6) is 0.00168. The smallest absolute Gasteiger partial charge is 0.221 e. The average molecular weight is 258 g/mol. The molecular weight excluding hydrogens is 240 g/mol. The second-order valence-electron chi connectivity index (χ2n) is 5.29. The van der Waals surface area contributed by atoms with Gasteiger partial charge in [0.2, 0.25) is 5.91 Å². The Labute approximate surface area is 111 Å². The maximum atomic E-state index is 11.3. The third kappa shape index (κ3) is 2.02. The van der Waals surface area contributed by atoms with Crippen LogP contribution in [0.4, 0.5) is 0 Å². The van der Waals surface area contributed by atoms with E-state index in [1.54, 1.807) is 0 Å². The fourth-order valence-electron chi connectivity index (χ4n) is 3.17. The molecule has 1 atom stereocenters. The van der Waals surface area contributed by atoms with Crippen molar-refractivity contribution < 1.29 is 9.90 Å². The largest absolute Gasteiger partial charge is 0.396 e. The first kappa shape index (κ1) is 12.2. The molecule has 0 saturated heterocycles. The van der Waals surface area contributed by atoms with Crippen LogP contribution >= 0.6 is 0 Å². The molecule has 19 heavy (non-hydrogen) atoms. The number of nitrogens with two attached hydrogens (primary N) is 1. The molecule has 1 amide bonds. The second kappa shape index (κ2) is 4.70. The second-order valence-corrected chi connectivity index (χ2v) is 5.29. The Morgan fingerprint density at radius 1 is 1.47 bits per heavy atom. The van der Waals surface area contributed by atoms with Crippen LogP contribution in [-0.2, 0) is 24.1 Å². The number of hydrogen-bond acceptors (Lipinski definition) is 2. The number of rotatable bonds is 3. The number of nitrogens with zero attached hydrogens (tertiary/aromatic N) is 1. The predicted octanol–water partition coefficient (Wildman–Crippen LogP) is 1.06. The van der Waals surface area contributed by atoms with Crippen LogP contribution < -0.4 is 5.73 Å². The molecular formula is C15H18N2O2. The van der Waals surface area contributed by atoms with Crippen LogP contribution in [-0.4, -0.2) is 22.0 Å². The number of aromatic nitrogens is 1. The first-order chi connectivity index (χ1) is 9.20. The quantitative estimate of drug-likeness (QED) is 0.864. The Morgan fingerprint density at radius 3 is 3.05 bits per heavy atom. The summed E-state index contributed by atoms with van der Waals surface area (Å²) < 4.78 is 2.17. The standard InChI is InChI=1S/C15H18N2O2/c16-15(19)8-12-11-7-10(9-18)4-5-14(11)17-6-2-1-3-13(12)17/h1-3,6,10,18H,4-5,7-9H2,(H2,16,19). The number of aliphatic hydroxyl groups excluding tert-OH is 1. The van der Waals surface area contributed by atoms with Gasteiger partial charge < -0.3 is 15.2 Å². The Morgan fingerprint density at radius 2 is 2.32 bits per heavy atom. The minimum absolute atomic E-state index is 0.210. The van der Waals surface area contributed by atoms with Crippen LogP contribution in [0.2, 0.25) is 0 Å². The van der Waals surface area contributed by atoms with Gasteiger partial charge in [0.15, 0.2) is 0 Å². The van der Waals surface area contributed by atoms with Crippen molar-refractivity contribution in [2.75, 3.05) is 6.61 Å². The number of aryl methyl sites for hydroxylation is 1. The van der Waals surface area contributed by atoms with Gasteiger partial charge in [-0.15, -0.1) is 0 Å². The number of carbonyl (C=O) groups is 1. The number of aliphatic hydroxyl groups is 1. The minimum Gasteiger partial charge on any atom is -0.396 e. The van der Waals surface area contributed by atoms with Gasteiger partial charge in [0.1, 0.15) is 0 Å². The normalized spacial score (nSPS) is 18.5. The van der Waals surface area contributed by atoms with Crippen molar-refractivity contribution in [3.63, 3.8) is 0 Å². The zero-order chi connectivity index (χ0) is 13.4. The highest BCUT2D eigenvalue weighted by atomic mass is 16.3. The molecule has 3 N–H and O–H groups in total. The Kier molecular flexibility index (Phi) is 3.03. The first-order valence-corrected chi connectivity index (χ1v) is 6.69. The van der Waals surface area contributed by atoms with Crippen LogP contribution in [0.15, 0.2) is 24.4 Å². The number of carbonyl (C=O) groups excluding carboxylic acids is 1. The van der Waals surface area contributed by atoms with Gasteiger partial charge in [-0.05, 0) is 48.4 Å². The summed E-state index contributed by atoms with van der Waals surface area (Å²) in [4.78, 5) is 11.3. The molecule has 0 aromatic carbocycles. The van der Waals surface area contributed by atoms with Crippen LogP contribution in [0.5, 0.6) is 0 Å². The van der Waals surface area contributed by atoms with Crippen molar-refractivity contribution >= 4 is 11.4 Å². The predicted molar refractivity (Wildman–Crippen MR) is 72.9 cm³/mol. The molecule has 0 fully saturated rings. The SMILES string of the molecule is NC(=O)Cc1c2c(n3ccccc13)CCC(CO)C2. The molecule has 1 aliphatic carbocycles. The van der Waals surface area contributed by atoms with Gasteiger partial charge in [0.05, 0.1) is 6.42 Å². The van der Waals surface area contributed by atoms with Crippen LogP contribution in [0.1, 0.15) is 23.2 Å². The van der Waals surface area contributed by atoms with Gasteiger partial charge in [-0.2, -0.15) is 0 Å². The highest BCUT2D eigenvalue weighted by molar-refractivity contribution is 5.81. The van der Waals surface area contributed by atoms with E-state index in [1.165, 1.54) is 11.3 Å². The summed E-state index contributed by atoms with van der Waals surface area (Å²) in [5.41, 5.74) is 9.99. The maximum absolute atomic E-state index is 11.3. The fraction of sp³-hybridized carbons (Fsp3) is 0.400. The lowest BCUT2D eigenvalue weighted by Crippen LogP contribution is -2.20. The van der Waals surface area contributed by atoms with E-state index in [0.717, 1.165) is 30.3 Å². The Hall–Kier alpha value is -1.81. The summed E-state index contributed by atoms with van der Waals surface area (Å²) >= 11 is 0. The number of primary amides is 1. The monoisotopic (exact) mass is 258 g/mol. The summed E-state index contributed by atoms with van der Waals surface area (Å²) in [6, 6.07) is 6.01. The van der Waals surface area contributed by atoms with Gasteiger partial charge in [-0.1, -0.05) is 6.07 Å². The minimum atomic E-state index is -0.301. The van der Waals surface area contributed by atoms with Crippen LogP contribution in [0.3, 0.4) is 0 Å². The first-order valence-electron chi connectivity index (χ1n) is 6.69. The summed E-state index contributed by atoms with van der Waals surface area (Å²) in [6.07, 6.45) is 5.11. The molecule has 2 aromatic rings. The van der Waals surface area contributed by atoms with Crippen LogP contribution in [0, 0.1) is 5.92 Å². The highest BCUT2D eigenvalue weighted by Gasteiger charge is 2.25. The molecule has 0 saturated carbocycles. The summed E-state index contributed by atoms with van der Waals surface area (Å²) in [5, 5.41) is 9.37. The zero-order valence-corrected chi connectivity index (χ0v) is 10.8. The van der Waals surface area contributed by atoms with Gasteiger partial charge in [0, 0.05) is 24.0 Å².